The van der Waals surface area contributed by atoms with Crippen LogP contribution in [-0.4, -0.2) is 60.1 Å². The third-order valence-electron chi connectivity index (χ3n) is 6.89. The molecule has 0 aromatic heterocycles. The summed E-state index contributed by atoms with van der Waals surface area (Å²) >= 11 is 0. The van der Waals surface area contributed by atoms with Gasteiger partial charge in [0.25, 0.3) is 5.91 Å². The van der Waals surface area contributed by atoms with Crippen LogP contribution in [0, 0.1) is 17.7 Å². The predicted octanol–water partition coefficient (Wildman–Crippen LogP) is 2.65. The van der Waals surface area contributed by atoms with Crippen LogP contribution in [0.2, 0.25) is 0 Å². The molecule has 1 aromatic carbocycles. The Hall–Kier alpha value is -2.15. The Balaban J connectivity index is 1.41. The summed E-state index contributed by atoms with van der Waals surface area (Å²) < 4.78 is 14.0. The number of carbonyl (C=O) groups is 2. The summed E-state index contributed by atoms with van der Waals surface area (Å²) in [4.78, 5) is 31.4. The summed E-state index contributed by atoms with van der Waals surface area (Å²) in [6.07, 6.45) is 3.03. The number of hydrogen-bond acceptors (Lipinski definition) is 4. The first kappa shape index (κ1) is 19.2. The van der Waals surface area contributed by atoms with Crippen LogP contribution in [0.4, 0.5) is 14.9 Å². The van der Waals surface area contributed by atoms with Gasteiger partial charge in [0.1, 0.15) is 11.4 Å². The average molecular weight is 388 g/mol. The highest BCUT2D eigenvalue weighted by molar-refractivity contribution is 6.07. The van der Waals surface area contributed by atoms with E-state index in [1.54, 1.807) is 12.1 Å². The van der Waals surface area contributed by atoms with Crippen LogP contribution in [0.15, 0.2) is 24.3 Å². The molecule has 1 aliphatic carbocycles. The van der Waals surface area contributed by atoms with Gasteiger partial charge in [-0.2, -0.15) is 0 Å². The zero-order valence-electron chi connectivity index (χ0n) is 16.7. The van der Waals surface area contributed by atoms with Crippen LogP contribution < -0.4 is 10.2 Å². The van der Waals surface area contributed by atoms with Gasteiger partial charge in [0.2, 0.25) is 0 Å². The molecule has 7 heteroatoms. The standard InChI is InChI=1S/C21H29FN4O2/c1-15-6-5-7-16(2)21(15)19(27)26(20(28)23-21)14-24-10-12-25(13-11-24)18-9-4-3-8-17(18)22/h3-4,8-9,15-16H,5-7,10-14H2,1-2H3,(H,23,28). The van der Waals surface area contributed by atoms with Crippen molar-refractivity contribution in [3.05, 3.63) is 30.1 Å². The molecule has 1 N–H and O–H groups in total. The van der Waals surface area contributed by atoms with Crippen molar-refractivity contribution in [1.82, 2.24) is 15.1 Å². The van der Waals surface area contributed by atoms with Crippen molar-refractivity contribution in [3.63, 3.8) is 0 Å². The lowest BCUT2D eigenvalue weighted by Crippen LogP contribution is -2.59. The SMILES string of the molecule is CC1CCCC(C)C12NC(=O)N(CN1CCN(c3ccccc3F)CC1)C2=O. The first-order chi connectivity index (χ1) is 13.4. The number of halogens is 1. The van der Waals surface area contributed by atoms with Crippen LogP contribution in [0.5, 0.6) is 0 Å². The van der Waals surface area contributed by atoms with Crippen LogP contribution in [0.1, 0.15) is 33.1 Å². The number of urea groups is 1. The summed E-state index contributed by atoms with van der Waals surface area (Å²) in [5.41, 5.74) is -0.134. The number of imide groups is 1. The van der Waals surface area contributed by atoms with Gasteiger partial charge in [0, 0.05) is 26.2 Å². The van der Waals surface area contributed by atoms with Gasteiger partial charge in [0.05, 0.1) is 12.4 Å². The van der Waals surface area contributed by atoms with Crippen molar-refractivity contribution in [2.24, 2.45) is 11.8 Å². The van der Waals surface area contributed by atoms with Gasteiger partial charge in [-0.1, -0.05) is 32.4 Å². The summed E-state index contributed by atoms with van der Waals surface area (Å²) in [6.45, 7) is 7.16. The number of amides is 3. The molecule has 6 nitrogen and oxygen atoms in total. The quantitative estimate of drug-likeness (QED) is 0.809. The lowest BCUT2D eigenvalue weighted by Gasteiger charge is -2.42. The summed E-state index contributed by atoms with van der Waals surface area (Å²) in [5, 5.41) is 3.05. The summed E-state index contributed by atoms with van der Waals surface area (Å²) in [6, 6.07) is 6.51. The van der Waals surface area contributed by atoms with Crippen LogP contribution in [0.3, 0.4) is 0 Å². The number of anilines is 1. The molecular weight excluding hydrogens is 359 g/mol. The molecule has 1 spiro atoms. The summed E-state index contributed by atoms with van der Waals surface area (Å²) in [5.74, 6) is 0.00667. The Bertz CT molecular complexity index is 753. The molecule has 3 aliphatic rings. The van der Waals surface area contributed by atoms with E-state index in [9.17, 15) is 14.0 Å². The zero-order valence-corrected chi connectivity index (χ0v) is 16.7. The Morgan fingerprint density at radius 3 is 2.36 bits per heavy atom. The van der Waals surface area contributed by atoms with Crippen LogP contribution in [-0.2, 0) is 4.79 Å². The van der Waals surface area contributed by atoms with Gasteiger partial charge in [-0.25, -0.2) is 14.1 Å². The summed E-state index contributed by atoms with van der Waals surface area (Å²) in [7, 11) is 0. The highest BCUT2D eigenvalue weighted by Crippen LogP contribution is 2.42. The van der Waals surface area contributed by atoms with E-state index >= 15 is 0 Å². The highest BCUT2D eigenvalue weighted by atomic mass is 19.1. The van der Waals surface area contributed by atoms with Gasteiger partial charge in [-0.3, -0.25) is 9.69 Å². The van der Waals surface area contributed by atoms with E-state index in [0.717, 1.165) is 19.3 Å². The number of benzene rings is 1. The second kappa shape index (κ2) is 7.35. The zero-order chi connectivity index (χ0) is 19.9. The normalized spacial score (nSPS) is 31.5. The Morgan fingerprint density at radius 1 is 1.07 bits per heavy atom. The van der Waals surface area contributed by atoms with Crippen molar-refractivity contribution < 1.29 is 14.0 Å². The van der Waals surface area contributed by atoms with E-state index < -0.39 is 5.54 Å². The van der Waals surface area contributed by atoms with Gasteiger partial charge in [-0.15, -0.1) is 0 Å². The molecule has 0 radical (unpaired) electrons. The average Bonchev–Trinajstić information content (AvgIpc) is 2.93. The third-order valence-corrected chi connectivity index (χ3v) is 6.89. The van der Waals surface area contributed by atoms with E-state index in [1.807, 2.05) is 11.0 Å². The lowest BCUT2D eigenvalue weighted by atomic mass is 9.67. The van der Waals surface area contributed by atoms with Gasteiger partial charge >= 0.3 is 6.03 Å². The molecule has 1 aromatic rings. The van der Waals surface area contributed by atoms with Crippen molar-refractivity contribution in [2.45, 2.75) is 38.6 Å². The molecule has 4 rings (SSSR count). The predicted molar refractivity (Wildman–Crippen MR) is 105 cm³/mol. The van der Waals surface area contributed by atoms with E-state index in [1.165, 1.54) is 11.0 Å². The number of piperazine rings is 1. The minimum Gasteiger partial charge on any atom is -0.367 e. The molecule has 2 atom stereocenters. The van der Waals surface area contributed by atoms with Crippen molar-refractivity contribution >= 4 is 17.6 Å². The first-order valence-corrected chi connectivity index (χ1v) is 10.3. The molecule has 0 bridgehead atoms. The lowest BCUT2D eigenvalue weighted by molar-refractivity contribution is -0.138. The minimum absolute atomic E-state index is 0.0752. The number of para-hydroxylation sites is 1. The largest absolute Gasteiger partial charge is 0.367 e. The fraction of sp³-hybridized carbons (Fsp3) is 0.619. The number of carbonyl (C=O) groups excluding carboxylic acids is 2. The number of nitrogens with zero attached hydrogens (tertiary/aromatic N) is 3. The Labute approximate surface area is 165 Å². The van der Waals surface area contributed by atoms with Crippen molar-refractivity contribution in [1.29, 1.82) is 0 Å². The Kier molecular flexibility index (Phi) is 5.04. The smallest absolute Gasteiger partial charge is 0.326 e. The Morgan fingerprint density at radius 2 is 1.71 bits per heavy atom. The molecule has 2 saturated heterocycles. The number of nitrogens with one attached hydrogen (secondary N) is 1. The van der Waals surface area contributed by atoms with E-state index in [-0.39, 0.29) is 29.6 Å². The second-order valence-corrected chi connectivity index (χ2v) is 8.46. The maximum atomic E-state index is 14.0. The second-order valence-electron chi connectivity index (χ2n) is 8.46. The minimum atomic E-state index is -0.746. The fourth-order valence-corrected chi connectivity index (χ4v) is 5.12. The maximum Gasteiger partial charge on any atom is 0.326 e. The van der Waals surface area contributed by atoms with Gasteiger partial charge in [-0.05, 0) is 36.8 Å². The molecule has 28 heavy (non-hydrogen) atoms. The van der Waals surface area contributed by atoms with Crippen molar-refractivity contribution in [2.75, 3.05) is 37.7 Å². The molecule has 2 heterocycles. The highest BCUT2D eigenvalue weighted by Gasteiger charge is 2.58. The third kappa shape index (κ3) is 3.05. The van der Waals surface area contributed by atoms with Crippen LogP contribution in [0.25, 0.3) is 0 Å². The van der Waals surface area contributed by atoms with Gasteiger partial charge < -0.3 is 10.2 Å². The van der Waals surface area contributed by atoms with Crippen molar-refractivity contribution in [3.8, 4) is 0 Å². The molecule has 1 saturated carbocycles. The van der Waals surface area contributed by atoms with Crippen LogP contribution >= 0.6 is 0 Å². The maximum absolute atomic E-state index is 14.0. The number of rotatable bonds is 3. The molecule has 152 valence electrons. The molecule has 3 amide bonds. The molecular formula is C21H29FN4O2. The monoisotopic (exact) mass is 388 g/mol. The molecule has 3 fully saturated rings. The molecule has 2 unspecified atom stereocenters. The number of hydrogen-bond donors (Lipinski definition) is 1. The van der Waals surface area contributed by atoms with E-state index in [0.29, 0.717) is 38.5 Å². The molecule has 2 aliphatic heterocycles. The topological polar surface area (TPSA) is 55.9 Å². The van der Waals surface area contributed by atoms with Gasteiger partial charge in [0.15, 0.2) is 0 Å². The fourth-order valence-electron chi connectivity index (χ4n) is 5.12. The van der Waals surface area contributed by atoms with E-state index in [2.05, 4.69) is 24.1 Å². The van der Waals surface area contributed by atoms with E-state index in [4.69, 9.17) is 0 Å². The first-order valence-electron chi connectivity index (χ1n) is 10.3.